The minimum absolute atomic E-state index is 0.00149. The minimum Gasteiger partial charge on any atom is -0.508 e. The van der Waals surface area contributed by atoms with E-state index in [0.29, 0.717) is 11.3 Å². The summed E-state index contributed by atoms with van der Waals surface area (Å²) in [5.74, 6) is 1.73. The van der Waals surface area contributed by atoms with E-state index in [-0.39, 0.29) is 18.1 Å². The fourth-order valence-corrected chi connectivity index (χ4v) is 2.20. The van der Waals surface area contributed by atoms with E-state index in [4.69, 9.17) is 5.11 Å². The Labute approximate surface area is 99.5 Å². The van der Waals surface area contributed by atoms with Crippen LogP contribution in [0.4, 0.5) is 0 Å². The van der Waals surface area contributed by atoms with E-state index >= 15 is 0 Å². The number of carbonyl (C=O) groups is 1. The Morgan fingerprint density at radius 2 is 2.19 bits per heavy atom. The van der Waals surface area contributed by atoms with Gasteiger partial charge < -0.3 is 10.2 Å². The molecule has 1 aromatic rings. The summed E-state index contributed by atoms with van der Waals surface area (Å²) in [6.07, 6.45) is 0.748. The van der Waals surface area contributed by atoms with Crippen LogP contribution in [0.2, 0.25) is 0 Å². The van der Waals surface area contributed by atoms with Crippen LogP contribution in [-0.4, -0.2) is 28.4 Å². The molecule has 0 radical (unpaired) electrons. The lowest BCUT2D eigenvalue weighted by atomic mass is 10.1. The molecule has 2 N–H and O–H groups in total. The van der Waals surface area contributed by atoms with Crippen LogP contribution in [0.3, 0.4) is 0 Å². The van der Waals surface area contributed by atoms with Gasteiger partial charge in [-0.3, -0.25) is 4.79 Å². The summed E-state index contributed by atoms with van der Waals surface area (Å²) in [5, 5.41) is 18.2. The number of phenolic OH excluding ortho intramolecular Hbond substituents is 1. The van der Waals surface area contributed by atoms with Gasteiger partial charge in [-0.25, -0.2) is 0 Å². The van der Waals surface area contributed by atoms with Crippen LogP contribution in [0, 0.1) is 0 Å². The molecule has 0 saturated carbocycles. The molecular formula is C12H16O3S. The smallest absolute Gasteiger partial charge is 0.159 e. The molecule has 0 saturated heterocycles. The molecule has 16 heavy (non-hydrogen) atoms. The summed E-state index contributed by atoms with van der Waals surface area (Å²) in [4.78, 5) is 11.2. The van der Waals surface area contributed by atoms with Gasteiger partial charge in [0, 0.05) is 23.5 Å². The second-order valence-corrected chi connectivity index (χ2v) is 4.63. The lowest BCUT2D eigenvalue weighted by molar-refractivity contribution is 0.101. The van der Waals surface area contributed by atoms with Crippen molar-refractivity contribution >= 4 is 17.5 Å². The zero-order chi connectivity index (χ0) is 12.0. The fraction of sp³-hybridized carbons (Fsp3) is 0.417. The van der Waals surface area contributed by atoms with Gasteiger partial charge in [0.1, 0.15) is 5.75 Å². The summed E-state index contributed by atoms with van der Waals surface area (Å²) >= 11 is 1.63. The molecule has 0 aromatic heterocycles. The molecule has 1 rings (SSSR count). The standard InChI is InChI=1S/C12H16O3S/c1-9(14)10-3-4-12(15)11(7-10)8-16-6-2-5-13/h3-4,7,13,15H,2,5-6,8H2,1H3. The molecule has 0 fully saturated rings. The third-order valence-electron chi connectivity index (χ3n) is 2.19. The third-order valence-corrected chi connectivity index (χ3v) is 3.28. The predicted molar refractivity (Wildman–Crippen MR) is 66.0 cm³/mol. The van der Waals surface area contributed by atoms with Crippen LogP contribution in [0.15, 0.2) is 18.2 Å². The molecule has 1 aromatic carbocycles. The predicted octanol–water partition coefficient (Wildman–Crippen LogP) is 2.21. The molecule has 0 aliphatic carbocycles. The summed E-state index contributed by atoms with van der Waals surface area (Å²) in [5.41, 5.74) is 1.39. The van der Waals surface area contributed by atoms with E-state index in [1.165, 1.54) is 6.92 Å². The maximum absolute atomic E-state index is 11.2. The van der Waals surface area contributed by atoms with E-state index in [2.05, 4.69) is 0 Å². The van der Waals surface area contributed by atoms with Gasteiger partial charge in [0.25, 0.3) is 0 Å². The van der Waals surface area contributed by atoms with Crippen molar-refractivity contribution in [2.45, 2.75) is 19.1 Å². The Kier molecular flexibility index (Phi) is 5.35. The zero-order valence-electron chi connectivity index (χ0n) is 9.27. The number of thioether (sulfide) groups is 1. The topological polar surface area (TPSA) is 57.5 Å². The quantitative estimate of drug-likeness (QED) is 0.591. The van der Waals surface area contributed by atoms with Crippen molar-refractivity contribution in [3.8, 4) is 5.75 Å². The van der Waals surface area contributed by atoms with Gasteiger partial charge in [0.05, 0.1) is 0 Å². The third kappa shape index (κ3) is 3.87. The Morgan fingerprint density at radius 1 is 1.44 bits per heavy atom. The molecule has 88 valence electrons. The summed E-state index contributed by atoms with van der Waals surface area (Å²) in [6.45, 7) is 1.70. The van der Waals surface area contributed by atoms with Gasteiger partial charge in [0.15, 0.2) is 5.78 Å². The number of carbonyl (C=O) groups excluding carboxylic acids is 1. The number of Topliss-reactive ketones (excluding diaryl/α,β-unsaturated/α-hetero) is 1. The molecule has 0 amide bonds. The maximum atomic E-state index is 11.2. The van der Waals surface area contributed by atoms with Crippen LogP contribution in [0.25, 0.3) is 0 Å². The van der Waals surface area contributed by atoms with Gasteiger partial charge in [-0.1, -0.05) is 0 Å². The van der Waals surface area contributed by atoms with Crippen molar-refractivity contribution in [2.75, 3.05) is 12.4 Å². The molecule has 4 heteroatoms. The van der Waals surface area contributed by atoms with Crippen molar-refractivity contribution < 1.29 is 15.0 Å². The van der Waals surface area contributed by atoms with Crippen molar-refractivity contribution in [3.63, 3.8) is 0 Å². The summed E-state index contributed by atoms with van der Waals surface area (Å²) in [7, 11) is 0. The van der Waals surface area contributed by atoms with Crippen molar-refractivity contribution in [1.29, 1.82) is 0 Å². The Morgan fingerprint density at radius 3 is 2.81 bits per heavy atom. The van der Waals surface area contributed by atoms with Crippen molar-refractivity contribution in [3.05, 3.63) is 29.3 Å². The van der Waals surface area contributed by atoms with E-state index in [9.17, 15) is 9.90 Å². The van der Waals surface area contributed by atoms with Crippen LogP contribution >= 0.6 is 11.8 Å². The first-order valence-corrected chi connectivity index (χ1v) is 6.32. The molecule has 0 bridgehead atoms. The number of ketones is 1. The highest BCUT2D eigenvalue weighted by Crippen LogP contribution is 2.24. The average molecular weight is 240 g/mol. The van der Waals surface area contributed by atoms with Crippen LogP contribution < -0.4 is 0 Å². The fourth-order valence-electron chi connectivity index (χ4n) is 1.27. The highest BCUT2D eigenvalue weighted by atomic mass is 32.2. The lowest BCUT2D eigenvalue weighted by Crippen LogP contribution is -1.94. The number of aliphatic hydroxyl groups excluding tert-OH is 1. The SMILES string of the molecule is CC(=O)c1ccc(O)c(CSCCCO)c1. The van der Waals surface area contributed by atoms with Gasteiger partial charge in [-0.15, -0.1) is 0 Å². The summed E-state index contributed by atoms with van der Waals surface area (Å²) < 4.78 is 0. The summed E-state index contributed by atoms with van der Waals surface area (Å²) in [6, 6.07) is 4.90. The molecule has 0 unspecified atom stereocenters. The Balaban J connectivity index is 2.63. The van der Waals surface area contributed by atoms with E-state index in [1.54, 1.807) is 30.0 Å². The Hall–Kier alpha value is -1.00. The van der Waals surface area contributed by atoms with Gasteiger partial charge >= 0.3 is 0 Å². The minimum atomic E-state index is 0.00149. The number of phenols is 1. The van der Waals surface area contributed by atoms with Gasteiger partial charge in [-0.05, 0) is 37.3 Å². The normalized spacial score (nSPS) is 10.4. The van der Waals surface area contributed by atoms with E-state index in [1.807, 2.05) is 0 Å². The first kappa shape index (κ1) is 13.1. The first-order chi connectivity index (χ1) is 7.65. The van der Waals surface area contributed by atoms with Gasteiger partial charge in [0.2, 0.25) is 0 Å². The second kappa shape index (κ2) is 6.55. The second-order valence-electron chi connectivity index (χ2n) is 3.53. The number of hydrogen-bond donors (Lipinski definition) is 2. The largest absolute Gasteiger partial charge is 0.508 e. The number of benzene rings is 1. The van der Waals surface area contributed by atoms with E-state index in [0.717, 1.165) is 17.7 Å². The van der Waals surface area contributed by atoms with Crippen molar-refractivity contribution in [2.24, 2.45) is 0 Å². The Bertz CT molecular complexity index is 363. The van der Waals surface area contributed by atoms with Crippen LogP contribution in [0.1, 0.15) is 29.3 Å². The molecule has 0 atom stereocenters. The number of aliphatic hydroxyl groups is 1. The lowest BCUT2D eigenvalue weighted by Gasteiger charge is -2.06. The van der Waals surface area contributed by atoms with Gasteiger partial charge in [-0.2, -0.15) is 11.8 Å². The molecular weight excluding hydrogens is 224 g/mol. The van der Waals surface area contributed by atoms with Crippen molar-refractivity contribution in [1.82, 2.24) is 0 Å². The highest BCUT2D eigenvalue weighted by molar-refractivity contribution is 7.98. The molecule has 0 aliphatic heterocycles. The van der Waals surface area contributed by atoms with E-state index < -0.39 is 0 Å². The molecule has 0 spiro atoms. The zero-order valence-corrected chi connectivity index (χ0v) is 10.1. The first-order valence-electron chi connectivity index (χ1n) is 5.16. The molecule has 0 heterocycles. The maximum Gasteiger partial charge on any atom is 0.159 e. The van der Waals surface area contributed by atoms with Crippen LogP contribution in [-0.2, 0) is 5.75 Å². The number of hydrogen-bond acceptors (Lipinski definition) is 4. The molecule has 0 aliphatic rings. The monoisotopic (exact) mass is 240 g/mol. The number of rotatable bonds is 6. The molecule has 3 nitrogen and oxygen atoms in total. The van der Waals surface area contributed by atoms with Crippen LogP contribution in [0.5, 0.6) is 5.75 Å². The highest BCUT2D eigenvalue weighted by Gasteiger charge is 2.05. The average Bonchev–Trinajstić information content (AvgIpc) is 2.26. The number of aromatic hydroxyl groups is 1.